The molecule has 22 heavy (non-hydrogen) atoms. The summed E-state index contributed by atoms with van der Waals surface area (Å²) in [5, 5.41) is 5.52. The van der Waals surface area contributed by atoms with Crippen LogP contribution in [0.5, 0.6) is 0 Å². The smallest absolute Gasteiger partial charge is 0.319 e. The van der Waals surface area contributed by atoms with Crippen molar-refractivity contribution in [2.24, 2.45) is 7.05 Å². The van der Waals surface area contributed by atoms with E-state index in [9.17, 15) is 18.0 Å². The lowest BCUT2D eigenvalue weighted by atomic mass is 10.3. The number of hydrogen-bond donors (Lipinski definition) is 1. The van der Waals surface area contributed by atoms with Crippen molar-refractivity contribution in [2.75, 3.05) is 5.32 Å². The number of carbonyl (C=O) groups excluding carboxylic acids is 1. The largest absolute Gasteiger partial charge is 0.437 e. The molecule has 3 rings (SSSR count). The zero-order chi connectivity index (χ0) is 15.9. The number of halogens is 3. The van der Waals surface area contributed by atoms with Crippen LogP contribution in [-0.4, -0.2) is 25.7 Å². The average molecular weight is 311 g/mol. The Kier molecular flexibility index (Phi) is 3.34. The van der Waals surface area contributed by atoms with Gasteiger partial charge in [-0.2, -0.15) is 18.3 Å². The minimum Gasteiger partial charge on any atom is -0.319 e. The number of nitrogens with one attached hydrogen (secondary N) is 1. The Morgan fingerprint density at radius 3 is 2.50 bits per heavy atom. The van der Waals surface area contributed by atoms with Gasteiger partial charge in [0.15, 0.2) is 5.69 Å². The van der Waals surface area contributed by atoms with E-state index in [0.717, 1.165) is 23.7 Å². The van der Waals surface area contributed by atoms with Gasteiger partial charge in [-0.25, -0.2) is 9.97 Å². The lowest BCUT2D eigenvalue weighted by molar-refractivity contribution is -0.140. The molecule has 116 valence electrons. The Morgan fingerprint density at radius 2 is 1.95 bits per heavy atom. The normalized spacial score (nSPS) is 14.9. The van der Waals surface area contributed by atoms with Gasteiger partial charge in [0, 0.05) is 31.6 Å². The molecule has 2 aromatic heterocycles. The van der Waals surface area contributed by atoms with Crippen molar-refractivity contribution < 1.29 is 18.0 Å². The minimum absolute atomic E-state index is 0.0985. The first kappa shape index (κ1) is 14.5. The van der Waals surface area contributed by atoms with Crippen LogP contribution in [0.1, 0.15) is 40.6 Å². The number of anilines is 1. The number of carbonyl (C=O) groups is 1. The highest BCUT2D eigenvalue weighted by atomic mass is 19.4. The number of alkyl halides is 3. The van der Waals surface area contributed by atoms with Gasteiger partial charge in [0.25, 0.3) is 5.91 Å². The van der Waals surface area contributed by atoms with Gasteiger partial charge in [0.2, 0.25) is 0 Å². The Hall–Kier alpha value is -2.45. The second-order valence-electron chi connectivity index (χ2n) is 5.12. The molecule has 1 amide bonds. The fraction of sp³-hybridized carbons (Fsp3) is 0.385. The van der Waals surface area contributed by atoms with Crippen molar-refractivity contribution in [2.45, 2.75) is 24.9 Å². The quantitative estimate of drug-likeness (QED) is 0.944. The SMILES string of the molecule is Cn1cc(NC(=O)c2cnc(C3CC3)nc2)c(C(F)(F)F)n1. The lowest BCUT2D eigenvalue weighted by Gasteiger charge is -2.07. The van der Waals surface area contributed by atoms with Crippen LogP contribution in [0.4, 0.5) is 18.9 Å². The molecular formula is C13H12F3N5O. The highest BCUT2D eigenvalue weighted by Crippen LogP contribution is 2.37. The summed E-state index contributed by atoms with van der Waals surface area (Å²) in [5.41, 5.74) is -1.44. The molecular weight excluding hydrogens is 299 g/mol. The zero-order valence-corrected chi connectivity index (χ0v) is 11.6. The summed E-state index contributed by atoms with van der Waals surface area (Å²) in [7, 11) is 1.35. The second-order valence-corrected chi connectivity index (χ2v) is 5.12. The monoisotopic (exact) mass is 311 g/mol. The Bertz CT molecular complexity index is 703. The highest BCUT2D eigenvalue weighted by Gasteiger charge is 2.37. The van der Waals surface area contributed by atoms with Crippen molar-refractivity contribution in [3.8, 4) is 0 Å². The van der Waals surface area contributed by atoms with E-state index in [0.29, 0.717) is 11.7 Å². The van der Waals surface area contributed by atoms with E-state index in [1.165, 1.54) is 19.4 Å². The number of aromatic nitrogens is 4. The van der Waals surface area contributed by atoms with Crippen LogP contribution in [0.15, 0.2) is 18.6 Å². The summed E-state index contributed by atoms with van der Waals surface area (Å²) >= 11 is 0. The second kappa shape index (κ2) is 5.08. The van der Waals surface area contributed by atoms with E-state index in [-0.39, 0.29) is 5.56 Å². The molecule has 1 fully saturated rings. The summed E-state index contributed by atoms with van der Waals surface area (Å²) in [5.74, 6) is 0.294. The van der Waals surface area contributed by atoms with Crippen molar-refractivity contribution in [1.82, 2.24) is 19.7 Å². The van der Waals surface area contributed by atoms with Gasteiger partial charge < -0.3 is 5.32 Å². The summed E-state index contributed by atoms with van der Waals surface area (Å²) < 4.78 is 39.4. The van der Waals surface area contributed by atoms with Crippen molar-refractivity contribution >= 4 is 11.6 Å². The molecule has 9 heteroatoms. The molecule has 0 spiro atoms. The van der Waals surface area contributed by atoms with Crippen LogP contribution in [0, 0.1) is 0 Å². The zero-order valence-electron chi connectivity index (χ0n) is 11.6. The predicted molar refractivity (Wildman–Crippen MR) is 70.2 cm³/mol. The molecule has 6 nitrogen and oxygen atoms in total. The summed E-state index contributed by atoms with van der Waals surface area (Å²) in [4.78, 5) is 20.1. The molecule has 1 N–H and O–H groups in total. The van der Waals surface area contributed by atoms with Gasteiger partial charge in [-0.05, 0) is 12.8 Å². The first-order valence-corrected chi connectivity index (χ1v) is 6.58. The number of hydrogen-bond acceptors (Lipinski definition) is 4. The van der Waals surface area contributed by atoms with Crippen molar-refractivity contribution in [3.05, 3.63) is 35.7 Å². The molecule has 0 atom stereocenters. The van der Waals surface area contributed by atoms with Crippen molar-refractivity contribution in [3.63, 3.8) is 0 Å². The standard InChI is InChI=1S/C13H12F3N5O/c1-21-6-9(10(20-21)13(14,15)16)19-12(22)8-4-17-11(18-5-8)7-2-3-7/h4-7H,2-3H2,1H3,(H,19,22). The Balaban J connectivity index is 1.79. The molecule has 0 aliphatic heterocycles. The van der Waals surface area contributed by atoms with E-state index in [1.807, 2.05) is 0 Å². The first-order valence-electron chi connectivity index (χ1n) is 6.58. The van der Waals surface area contributed by atoms with Gasteiger partial charge >= 0.3 is 6.18 Å². The maximum absolute atomic E-state index is 12.8. The summed E-state index contributed by atoms with van der Waals surface area (Å²) in [6.45, 7) is 0. The topological polar surface area (TPSA) is 72.7 Å². The van der Waals surface area contributed by atoms with E-state index >= 15 is 0 Å². The van der Waals surface area contributed by atoms with E-state index in [1.54, 1.807) is 0 Å². The Morgan fingerprint density at radius 1 is 1.32 bits per heavy atom. The number of amides is 1. The molecule has 1 aliphatic carbocycles. The molecule has 0 unspecified atom stereocenters. The van der Waals surface area contributed by atoms with Gasteiger partial charge in [0.05, 0.1) is 11.3 Å². The van der Waals surface area contributed by atoms with Crippen LogP contribution in [0.2, 0.25) is 0 Å². The van der Waals surface area contributed by atoms with Crippen molar-refractivity contribution in [1.29, 1.82) is 0 Å². The van der Waals surface area contributed by atoms with E-state index in [4.69, 9.17) is 0 Å². The maximum atomic E-state index is 12.8. The van der Waals surface area contributed by atoms with Gasteiger partial charge in [-0.1, -0.05) is 0 Å². The molecule has 0 saturated heterocycles. The molecule has 0 radical (unpaired) electrons. The van der Waals surface area contributed by atoms with Crippen LogP contribution < -0.4 is 5.32 Å². The fourth-order valence-corrected chi connectivity index (χ4v) is 1.99. The van der Waals surface area contributed by atoms with Crippen LogP contribution in [0.3, 0.4) is 0 Å². The highest BCUT2D eigenvalue weighted by molar-refractivity contribution is 6.04. The minimum atomic E-state index is -4.64. The molecule has 0 aromatic carbocycles. The molecule has 1 saturated carbocycles. The predicted octanol–water partition coefficient (Wildman–Crippen LogP) is 2.36. The summed E-state index contributed by atoms with van der Waals surface area (Å²) in [6, 6.07) is 0. The third-order valence-corrected chi connectivity index (χ3v) is 3.22. The first-order chi connectivity index (χ1) is 10.3. The number of rotatable bonds is 3. The molecule has 2 heterocycles. The van der Waals surface area contributed by atoms with Crippen LogP contribution >= 0.6 is 0 Å². The average Bonchev–Trinajstić information content (AvgIpc) is 3.22. The summed E-state index contributed by atoms with van der Waals surface area (Å²) in [6.07, 6.45) is 1.14. The van der Waals surface area contributed by atoms with Gasteiger partial charge in [-0.15, -0.1) is 0 Å². The molecule has 1 aliphatic rings. The maximum Gasteiger partial charge on any atom is 0.437 e. The number of nitrogens with zero attached hydrogens (tertiary/aromatic N) is 4. The van der Waals surface area contributed by atoms with E-state index in [2.05, 4.69) is 20.4 Å². The fourth-order valence-electron chi connectivity index (χ4n) is 1.99. The molecule has 2 aromatic rings. The lowest BCUT2D eigenvalue weighted by Crippen LogP contribution is -2.16. The third-order valence-electron chi connectivity index (χ3n) is 3.22. The van der Waals surface area contributed by atoms with Crippen LogP contribution in [0.25, 0.3) is 0 Å². The van der Waals surface area contributed by atoms with Gasteiger partial charge in [0.1, 0.15) is 5.82 Å². The third kappa shape index (κ3) is 2.92. The van der Waals surface area contributed by atoms with Crippen LogP contribution in [-0.2, 0) is 13.2 Å². The van der Waals surface area contributed by atoms with Gasteiger partial charge in [-0.3, -0.25) is 9.48 Å². The number of aryl methyl sites for hydroxylation is 1. The Labute approximate surface area is 123 Å². The van der Waals surface area contributed by atoms with E-state index < -0.39 is 23.5 Å². The molecule has 0 bridgehead atoms.